The SMILES string of the molecule is COc1cc(C(=O)NCCCN2CCN(c3cccc(Cl)c3O)CC2)cc([N+](=O)[O-])c1O. The second kappa shape index (κ2) is 10.4. The van der Waals surface area contributed by atoms with Crippen LogP contribution in [0.4, 0.5) is 11.4 Å². The molecule has 32 heavy (non-hydrogen) atoms. The molecule has 3 N–H and O–H groups in total. The topological polar surface area (TPSA) is 128 Å². The van der Waals surface area contributed by atoms with Crippen molar-refractivity contribution in [3.05, 3.63) is 51.0 Å². The quantitative estimate of drug-likeness (QED) is 0.309. The molecule has 2 aromatic carbocycles. The lowest BCUT2D eigenvalue weighted by Gasteiger charge is -2.36. The third-order valence-corrected chi connectivity index (χ3v) is 5.65. The summed E-state index contributed by atoms with van der Waals surface area (Å²) in [6, 6.07) is 7.59. The molecule has 1 aliphatic heterocycles. The summed E-state index contributed by atoms with van der Waals surface area (Å²) in [6.07, 6.45) is 0.700. The first kappa shape index (κ1) is 23.4. The fourth-order valence-corrected chi connectivity index (χ4v) is 3.77. The van der Waals surface area contributed by atoms with Crippen LogP contribution in [0.3, 0.4) is 0 Å². The summed E-state index contributed by atoms with van der Waals surface area (Å²) in [5.74, 6) is -1.13. The molecule has 0 radical (unpaired) electrons. The first-order valence-electron chi connectivity index (χ1n) is 10.1. The van der Waals surface area contributed by atoms with Crippen LogP contribution in [0.5, 0.6) is 17.2 Å². The molecule has 0 aromatic heterocycles. The van der Waals surface area contributed by atoms with E-state index in [0.717, 1.165) is 44.5 Å². The van der Waals surface area contributed by atoms with Gasteiger partial charge in [-0.15, -0.1) is 0 Å². The van der Waals surface area contributed by atoms with E-state index in [1.54, 1.807) is 6.07 Å². The Bertz CT molecular complexity index is 994. The van der Waals surface area contributed by atoms with Gasteiger partial charge in [0.1, 0.15) is 0 Å². The molecule has 1 heterocycles. The maximum atomic E-state index is 12.4. The zero-order valence-corrected chi connectivity index (χ0v) is 18.3. The fraction of sp³-hybridized carbons (Fsp3) is 0.381. The maximum Gasteiger partial charge on any atom is 0.315 e. The molecule has 3 rings (SSSR count). The molecule has 1 aliphatic rings. The van der Waals surface area contributed by atoms with E-state index in [0.29, 0.717) is 18.0 Å². The second-order valence-electron chi connectivity index (χ2n) is 7.35. The van der Waals surface area contributed by atoms with E-state index in [4.69, 9.17) is 16.3 Å². The molecule has 0 saturated carbocycles. The summed E-state index contributed by atoms with van der Waals surface area (Å²) >= 11 is 5.99. The van der Waals surface area contributed by atoms with Crippen molar-refractivity contribution in [1.82, 2.24) is 10.2 Å². The van der Waals surface area contributed by atoms with E-state index in [2.05, 4.69) is 15.1 Å². The fourth-order valence-electron chi connectivity index (χ4n) is 3.60. The van der Waals surface area contributed by atoms with Gasteiger partial charge < -0.3 is 25.2 Å². The van der Waals surface area contributed by atoms with Crippen molar-refractivity contribution in [1.29, 1.82) is 0 Å². The minimum absolute atomic E-state index is 0.0429. The van der Waals surface area contributed by atoms with Gasteiger partial charge in [0.2, 0.25) is 5.75 Å². The predicted octanol–water partition coefficient (Wildman–Crippen LogP) is 2.61. The Morgan fingerprint density at radius 3 is 2.59 bits per heavy atom. The zero-order chi connectivity index (χ0) is 23.3. The van der Waals surface area contributed by atoms with Gasteiger partial charge in [-0.2, -0.15) is 0 Å². The number of anilines is 1. The van der Waals surface area contributed by atoms with Crippen LogP contribution in [0.25, 0.3) is 0 Å². The number of benzene rings is 2. The van der Waals surface area contributed by atoms with Crippen LogP contribution < -0.4 is 15.0 Å². The number of carbonyl (C=O) groups is 1. The van der Waals surface area contributed by atoms with Crippen molar-refractivity contribution in [2.75, 3.05) is 51.3 Å². The average molecular weight is 465 g/mol. The number of piperazine rings is 1. The number of ether oxygens (including phenoxy) is 1. The highest BCUT2D eigenvalue weighted by molar-refractivity contribution is 6.32. The molecule has 1 saturated heterocycles. The Balaban J connectivity index is 1.46. The molecule has 0 unspecified atom stereocenters. The smallest absolute Gasteiger partial charge is 0.315 e. The maximum absolute atomic E-state index is 12.4. The number of aromatic hydroxyl groups is 2. The summed E-state index contributed by atoms with van der Waals surface area (Å²) in [6.45, 7) is 4.27. The molecule has 11 heteroatoms. The molecule has 0 aliphatic carbocycles. The lowest BCUT2D eigenvalue weighted by atomic mass is 10.1. The number of halogens is 1. The first-order valence-corrected chi connectivity index (χ1v) is 10.5. The van der Waals surface area contributed by atoms with E-state index >= 15 is 0 Å². The number of nitrogens with one attached hydrogen (secondary N) is 1. The molecule has 10 nitrogen and oxygen atoms in total. The van der Waals surface area contributed by atoms with E-state index in [1.807, 2.05) is 12.1 Å². The first-order chi connectivity index (χ1) is 15.3. The standard InChI is InChI=1S/C21H25ClN4O6/c1-32-18-13-14(12-17(20(18)28)26(30)31)21(29)23-6-3-7-24-8-10-25(11-9-24)16-5-2-4-15(22)19(16)27/h2,4-5,12-13,27-28H,3,6-11H2,1H3,(H,23,29). The number of amides is 1. The third-order valence-electron chi connectivity index (χ3n) is 5.35. The van der Waals surface area contributed by atoms with Gasteiger partial charge in [0.25, 0.3) is 5.91 Å². The van der Waals surface area contributed by atoms with Gasteiger partial charge in [0.15, 0.2) is 11.5 Å². The molecule has 1 fully saturated rings. The lowest BCUT2D eigenvalue weighted by molar-refractivity contribution is -0.386. The largest absolute Gasteiger partial charge is 0.504 e. The van der Waals surface area contributed by atoms with Crippen LogP contribution >= 0.6 is 11.6 Å². The number of rotatable bonds is 8. The second-order valence-corrected chi connectivity index (χ2v) is 7.76. The minimum atomic E-state index is -0.766. The summed E-state index contributed by atoms with van der Waals surface area (Å²) < 4.78 is 4.92. The van der Waals surface area contributed by atoms with E-state index in [1.165, 1.54) is 13.2 Å². The number of nitrogens with zero attached hydrogens (tertiary/aromatic N) is 3. The number of nitro benzene ring substituents is 1. The monoisotopic (exact) mass is 464 g/mol. The van der Waals surface area contributed by atoms with Gasteiger partial charge in [-0.3, -0.25) is 19.8 Å². The molecular weight excluding hydrogens is 440 g/mol. The highest BCUT2D eigenvalue weighted by atomic mass is 35.5. The summed E-state index contributed by atoms with van der Waals surface area (Å²) in [5, 5.41) is 34.1. The normalized spacial score (nSPS) is 14.2. The Morgan fingerprint density at radius 1 is 1.22 bits per heavy atom. The van der Waals surface area contributed by atoms with Gasteiger partial charge in [0.05, 0.1) is 28.3 Å². The Morgan fingerprint density at radius 2 is 1.94 bits per heavy atom. The summed E-state index contributed by atoms with van der Waals surface area (Å²) in [4.78, 5) is 27.0. The van der Waals surface area contributed by atoms with E-state index in [-0.39, 0.29) is 17.1 Å². The van der Waals surface area contributed by atoms with Crippen molar-refractivity contribution in [2.24, 2.45) is 0 Å². The number of carbonyl (C=O) groups excluding carboxylic acids is 1. The Labute approximate surface area is 190 Å². The Hall–Kier alpha value is -3.24. The third kappa shape index (κ3) is 5.32. The number of methoxy groups -OCH3 is 1. The van der Waals surface area contributed by atoms with Crippen molar-refractivity contribution < 1.29 is 24.7 Å². The molecule has 0 spiro atoms. The highest BCUT2D eigenvalue weighted by Gasteiger charge is 2.23. The number of nitro groups is 1. The number of hydrogen-bond acceptors (Lipinski definition) is 8. The minimum Gasteiger partial charge on any atom is -0.504 e. The summed E-state index contributed by atoms with van der Waals surface area (Å²) in [7, 11) is 1.26. The number of hydrogen-bond donors (Lipinski definition) is 3. The Kier molecular flexibility index (Phi) is 7.60. The van der Waals surface area contributed by atoms with Gasteiger partial charge >= 0.3 is 5.69 Å². The van der Waals surface area contributed by atoms with Crippen molar-refractivity contribution in [3.8, 4) is 17.2 Å². The van der Waals surface area contributed by atoms with Crippen molar-refractivity contribution >= 4 is 28.9 Å². The molecule has 0 bridgehead atoms. The zero-order valence-electron chi connectivity index (χ0n) is 17.6. The molecular formula is C21H25ClN4O6. The van der Waals surface area contributed by atoms with Gasteiger partial charge in [0, 0.05) is 38.8 Å². The van der Waals surface area contributed by atoms with Crippen LogP contribution in [0, 0.1) is 10.1 Å². The van der Waals surface area contributed by atoms with Crippen LogP contribution in [-0.2, 0) is 0 Å². The van der Waals surface area contributed by atoms with Gasteiger partial charge in [-0.05, 0) is 31.2 Å². The number of phenols is 2. The number of phenolic OH excluding ortho intramolecular Hbond substituents is 2. The average Bonchev–Trinajstić information content (AvgIpc) is 2.79. The lowest BCUT2D eigenvalue weighted by Crippen LogP contribution is -2.47. The van der Waals surface area contributed by atoms with Crippen LogP contribution in [-0.4, -0.2) is 72.3 Å². The highest BCUT2D eigenvalue weighted by Crippen LogP contribution is 2.37. The van der Waals surface area contributed by atoms with Crippen LogP contribution in [0.1, 0.15) is 16.8 Å². The molecule has 0 atom stereocenters. The molecule has 172 valence electrons. The van der Waals surface area contributed by atoms with Crippen LogP contribution in [0.2, 0.25) is 5.02 Å². The van der Waals surface area contributed by atoms with Gasteiger partial charge in [-0.25, -0.2) is 0 Å². The van der Waals surface area contributed by atoms with Crippen molar-refractivity contribution in [2.45, 2.75) is 6.42 Å². The van der Waals surface area contributed by atoms with Crippen molar-refractivity contribution in [3.63, 3.8) is 0 Å². The van der Waals surface area contributed by atoms with Crippen LogP contribution in [0.15, 0.2) is 30.3 Å². The summed E-state index contributed by atoms with van der Waals surface area (Å²) in [5.41, 5.74) is 0.183. The predicted molar refractivity (Wildman–Crippen MR) is 120 cm³/mol. The van der Waals surface area contributed by atoms with E-state index < -0.39 is 22.3 Å². The van der Waals surface area contributed by atoms with E-state index in [9.17, 15) is 25.1 Å². The van der Waals surface area contributed by atoms with Gasteiger partial charge in [-0.1, -0.05) is 17.7 Å². The molecule has 1 amide bonds. The number of para-hydroxylation sites is 1. The molecule has 2 aromatic rings.